The number of ether oxygens (including phenoxy) is 2. The summed E-state index contributed by atoms with van der Waals surface area (Å²) >= 11 is 0. The maximum Gasteiger partial charge on any atom is 0.255 e. The molecule has 3 rings (SSSR count). The van der Waals surface area contributed by atoms with Crippen LogP contribution in [0.5, 0.6) is 11.5 Å². The van der Waals surface area contributed by atoms with Gasteiger partial charge in [-0.3, -0.25) is 14.4 Å². The van der Waals surface area contributed by atoms with Gasteiger partial charge in [-0.05, 0) is 25.1 Å². The number of amides is 3. The van der Waals surface area contributed by atoms with E-state index in [4.69, 9.17) is 13.9 Å². The molecule has 1 aromatic heterocycles. The maximum absolute atomic E-state index is 12.6. The van der Waals surface area contributed by atoms with Gasteiger partial charge in [-0.1, -0.05) is 18.2 Å². The van der Waals surface area contributed by atoms with Gasteiger partial charge in [-0.15, -0.1) is 0 Å². The standard InChI is InChI=1S/C23H23N3O6/c1-14(24-23(29)16-9-10-32-13-16)21(27)25-17-11-20(31-3)18(12-19(17)30-2)26-22(28)15-7-5-4-6-8-15/h4-14H,1-3H3,(H,24,29)(H,25,27)(H,26,28)/t14-/m0/s1. The summed E-state index contributed by atoms with van der Waals surface area (Å²) in [6.07, 6.45) is 2.66. The summed E-state index contributed by atoms with van der Waals surface area (Å²) < 4.78 is 15.6. The molecule has 9 heteroatoms. The molecule has 166 valence electrons. The number of nitrogens with one attached hydrogen (secondary N) is 3. The lowest BCUT2D eigenvalue weighted by Gasteiger charge is -2.18. The first-order valence-electron chi connectivity index (χ1n) is 9.69. The van der Waals surface area contributed by atoms with Gasteiger partial charge in [0.1, 0.15) is 23.8 Å². The van der Waals surface area contributed by atoms with Gasteiger partial charge in [0.25, 0.3) is 11.8 Å². The van der Waals surface area contributed by atoms with E-state index in [-0.39, 0.29) is 5.91 Å². The van der Waals surface area contributed by atoms with Gasteiger partial charge in [0.15, 0.2) is 0 Å². The summed E-state index contributed by atoms with van der Waals surface area (Å²) in [6, 6.07) is 12.4. The van der Waals surface area contributed by atoms with Crippen LogP contribution in [0.2, 0.25) is 0 Å². The molecule has 3 amide bonds. The Morgan fingerprint density at radius 2 is 1.47 bits per heavy atom. The zero-order valence-corrected chi connectivity index (χ0v) is 17.8. The minimum Gasteiger partial charge on any atom is -0.494 e. The number of furan rings is 1. The number of carbonyl (C=O) groups is 3. The normalized spacial score (nSPS) is 11.2. The van der Waals surface area contributed by atoms with Crippen molar-refractivity contribution in [3.63, 3.8) is 0 Å². The third-order valence-corrected chi connectivity index (χ3v) is 4.59. The predicted octanol–water partition coefficient (Wildman–Crippen LogP) is 3.31. The average molecular weight is 437 g/mol. The van der Waals surface area contributed by atoms with Crippen molar-refractivity contribution in [2.24, 2.45) is 0 Å². The first-order chi connectivity index (χ1) is 15.4. The SMILES string of the molecule is COc1cc(NC(=O)[C@H](C)NC(=O)c2ccoc2)c(OC)cc1NC(=O)c1ccccc1. The van der Waals surface area contributed by atoms with Gasteiger partial charge < -0.3 is 29.8 Å². The van der Waals surface area contributed by atoms with E-state index in [0.717, 1.165) is 0 Å². The second-order valence-electron chi connectivity index (χ2n) is 6.77. The lowest BCUT2D eigenvalue weighted by atomic mass is 10.2. The summed E-state index contributed by atoms with van der Waals surface area (Å²) in [6.45, 7) is 1.55. The topological polar surface area (TPSA) is 119 Å². The van der Waals surface area contributed by atoms with Crippen LogP contribution < -0.4 is 25.4 Å². The van der Waals surface area contributed by atoms with Crippen LogP contribution in [0.1, 0.15) is 27.6 Å². The van der Waals surface area contributed by atoms with E-state index in [1.165, 1.54) is 38.9 Å². The monoisotopic (exact) mass is 437 g/mol. The van der Waals surface area contributed by atoms with Crippen LogP contribution in [0, 0.1) is 0 Å². The van der Waals surface area contributed by atoms with Crippen molar-refractivity contribution in [3.05, 3.63) is 72.2 Å². The molecule has 0 fully saturated rings. The molecule has 32 heavy (non-hydrogen) atoms. The van der Waals surface area contributed by atoms with Crippen LogP contribution in [0.3, 0.4) is 0 Å². The highest BCUT2D eigenvalue weighted by atomic mass is 16.5. The second-order valence-corrected chi connectivity index (χ2v) is 6.77. The van der Waals surface area contributed by atoms with Crippen LogP contribution in [0.4, 0.5) is 11.4 Å². The van der Waals surface area contributed by atoms with E-state index in [1.54, 1.807) is 37.3 Å². The highest BCUT2D eigenvalue weighted by Crippen LogP contribution is 2.36. The summed E-state index contributed by atoms with van der Waals surface area (Å²) in [5, 5.41) is 8.06. The first kappa shape index (κ1) is 22.4. The van der Waals surface area contributed by atoms with Gasteiger partial charge in [0, 0.05) is 17.7 Å². The first-order valence-corrected chi connectivity index (χ1v) is 9.69. The smallest absolute Gasteiger partial charge is 0.255 e. The number of hydrogen-bond acceptors (Lipinski definition) is 6. The van der Waals surface area contributed by atoms with E-state index in [9.17, 15) is 14.4 Å². The largest absolute Gasteiger partial charge is 0.494 e. The molecule has 3 N–H and O–H groups in total. The van der Waals surface area contributed by atoms with Crippen molar-refractivity contribution in [2.75, 3.05) is 24.9 Å². The van der Waals surface area contributed by atoms with E-state index >= 15 is 0 Å². The number of anilines is 2. The van der Waals surface area contributed by atoms with Gasteiger partial charge in [-0.25, -0.2) is 0 Å². The Labute approximate surface area is 184 Å². The summed E-state index contributed by atoms with van der Waals surface area (Å²) in [5.41, 5.74) is 1.48. The van der Waals surface area contributed by atoms with Gasteiger partial charge in [0.05, 0.1) is 37.4 Å². The van der Waals surface area contributed by atoms with Gasteiger partial charge in [0.2, 0.25) is 5.91 Å². The molecule has 0 spiro atoms. The molecule has 9 nitrogen and oxygen atoms in total. The number of carbonyl (C=O) groups excluding carboxylic acids is 3. The Bertz CT molecular complexity index is 1100. The Morgan fingerprint density at radius 1 is 0.844 bits per heavy atom. The Morgan fingerprint density at radius 3 is 2.03 bits per heavy atom. The summed E-state index contributed by atoms with van der Waals surface area (Å²) in [5.74, 6) is -0.608. The quantitative estimate of drug-likeness (QED) is 0.498. The van der Waals surface area contributed by atoms with Crippen LogP contribution >= 0.6 is 0 Å². The fraction of sp³-hybridized carbons (Fsp3) is 0.174. The molecule has 0 bridgehead atoms. The molecule has 1 atom stereocenters. The molecule has 0 aliphatic carbocycles. The van der Waals surface area contributed by atoms with Gasteiger partial charge >= 0.3 is 0 Å². The molecule has 1 heterocycles. The van der Waals surface area contributed by atoms with E-state index in [2.05, 4.69) is 16.0 Å². The maximum atomic E-state index is 12.6. The molecule has 0 saturated heterocycles. The zero-order chi connectivity index (χ0) is 23.1. The molecule has 2 aromatic carbocycles. The summed E-state index contributed by atoms with van der Waals surface area (Å²) in [4.78, 5) is 37.3. The molecule has 0 radical (unpaired) electrons. The summed E-state index contributed by atoms with van der Waals surface area (Å²) in [7, 11) is 2.88. The van der Waals surface area contributed by atoms with Crippen LogP contribution in [-0.4, -0.2) is 38.0 Å². The highest BCUT2D eigenvalue weighted by Gasteiger charge is 2.21. The fourth-order valence-electron chi connectivity index (χ4n) is 2.86. The van der Waals surface area contributed by atoms with Crippen LogP contribution in [0.25, 0.3) is 0 Å². The van der Waals surface area contributed by atoms with Crippen molar-refractivity contribution in [3.8, 4) is 11.5 Å². The Balaban J connectivity index is 1.75. The average Bonchev–Trinajstić information content (AvgIpc) is 3.35. The fourth-order valence-corrected chi connectivity index (χ4v) is 2.86. The lowest BCUT2D eigenvalue weighted by Crippen LogP contribution is -2.41. The van der Waals surface area contributed by atoms with E-state index in [0.29, 0.717) is 34.0 Å². The van der Waals surface area contributed by atoms with Crippen molar-refractivity contribution in [1.29, 1.82) is 0 Å². The molecular weight excluding hydrogens is 414 g/mol. The Hall–Kier alpha value is -4.27. The Kier molecular flexibility index (Phi) is 7.12. The zero-order valence-electron chi connectivity index (χ0n) is 17.8. The second kappa shape index (κ2) is 10.2. The molecule has 0 aliphatic rings. The third-order valence-electron chi connectivity index (χ3n) is 4.59. The number of rotatable bonds is 8. The van der Waals surface area contributed by atoms with E-state index in [1.807, 2.05) is 6.07 Å². The lowest BCUT2D eigenvalue weighted by molar-refractivity contribution is -0.117. The predicted molar refractivity (Wildman–Crippen MR) is 118 cm³/mol. The van der Waals surface area contributed by atoms with Crippen molar-refractivity contribution in [2.45, 2.75) is 13.0 Å². The minimum atomic E-state index is -0.842. The van der Waals surface area contributed by atoms with Crippen LogP contribution in [0.15, 0.2) is 65.5 Å². The molecule has 0 saturated carbocycles. The minimum absolute atomic E-state index is 0.302. The molecule has 0 aliphatic heterocycles. The van der Waals surface area contributed by atoms with Crippen molar-refractivity contribution in [1.82, 2.24) is 5.32 Å². The van der Waals surface area contributed by atoms with Gasteiger partial charge in [-0.2, -0.15) is 0 Å². The van der Waals surface area contributed by atoms with Crippen molar-refractivity contribution < 1.29 is 28.3 Å². The highest BCUT2D eigenvalue weighted by molar-refractivity contribution is 6.06. The molecule has 3 aromatic rings. The molecular formula is C23H23N3O6. The number of methoxy groups -OCH3 is 2. The molecule has 0 unspecified atom stereocenters. The van der Waals surface area contributed by atoms with E-state index < -0.39 is 17.9 Å². The third kappa shape index (κ3) is 5.25. The van der Waals surface area contributed by atoms with Crippen LogP contribution in [-0.2, 0) is 4.79 Å². The van der Waals surface area contributed by atoms with Crippen molar-refractivity contribution >= 4 is 29.1 Å². The number of hydrogen-bond donors (Lipinski definition) is 3. The number of benzene rings is 2.